The van der Waals surface area contributed by atoms with Crippen molar-refractivity contribution in [2.45, 2.75) is 18.8 Å². The van der Waals surface area contributed by atoms with Crippen LogP contribution in [0.25, 0.3) is 0 Å². The van der Waals surface area contributed by atoms with Gasteiger partial charge < -0.3 is 10.4 Å². The van der Waals surface area contributed by atoms with E-state index in [0.717, 1.165) is 29.9 Å². The lowest BCUT2D eigenvalue weighted by Gasteiger charge is -2.28. The summed E-state index contributed by atoms with van der Waals surface area (Å²) in [6, 6.07) is 3.76. The van der Waals surface area contributed by atoms with Crippen LogP contribution in [-0.4, -0.2) is 18.2 Å². The molecule has 0 radical (unpaired) electrons. The predicted molar refractivity (Wildman–Crippen MR) is 63.2 cm³/mol. The van der Waals surface area contributed by atoms with Crippen LogP contribution in [-0.2, 0) is 6.42 Å². The summed E-state index contributed by atoms with van der Waals surface area (Å²) < 4.78 is 1.15. The molecule has 2 nitrogen and oxygen atoms in total. The minimum Gasteiger partial charge on any atom is -0.508 e. The number of aromatic hydroxyl groups is 1. The molecule has 80 valence electrons. The summed E-state index contributed by atoms with van der Waals surface area (Å²) in [6.45, 7) is 2.12. The van der Waals surface area contributed by atoms with Crippen LogP contribution < -0.4 is 5.32 Å². The molecule has 1 saturated heterocycles. The molecule has 1 aromatic rings. The first-order chi connectivity index (χ1) is 7.27. The van der Waals surface area contributed by atoms with Gasteiger partial charge in [-0.15, -0.1) is 0 Å². The van der Waals surface area contributed by atoms with E-state index < -0.39 is 0 Å². The Morgan fingerprint density at radius 3 is 3.07 bits per heavy atom. The Morgan fingerprint density at radius 1 is 1.33 bits per heavy atom. The van der Waals surface area contributed by atoms with Crippen LogP contribution in [0, 0.1) is 5.92 Å². The lowest BCUT2D eigenvalue weighted by atomic mass is 9.77. The van der Waals surface area contributed by atoms with Crippen LogP contribution in [0.15, 0.2) is 16.6 Å². The van der Waals surface area contributed by atoms with Crippen molar-refractivity contribution in [1.82, 2.24) is 5.32 Å². The van der Waals surface area contributed by atoms with Crippen molar-refractivity contribution >= 4 is 15.9 Å². The number of benzene rings is 1. The molecule has 2 atom stereocenters. The average Bonchev–Trinajstić information content (AvgIpc) is 2.70. The maximum absolute atomic E-state index is 9.98. The highest BCUT2D eigenvalue weighted by Crippen LogP contribution is 2.44. The second-order valence-electron chi connectivity index (χ2n) is 4.52. The number of fused-ring (bicyclic) bond motifs is 3. The fraction of sp³-hybridized carbons (Fsp3) is 0.500. The van der Waals surface area contributed by atoms with Gasteiger partial charge in [-0.1, -0.05) is 15.9 Å². The Labute approximate surface area is 97.8 Å². The van der Waals surface area contributed by atoms with Gasteiger partial charge in [0.25, 0.3) is 0 Å². The Balaban J connectivity index is 2.16. The van der Waals surface area contributed by atoms with Crippen molar-refractivity contribution in [1.29, 1.82) is 0 Å². The third-order valence-electron chi connectivity index (χ3n) is 3.75. The number of hydrogen-bond acceptors (Lipinski definition) is 2. The van der Waals surface area contributed by atoms with E-state index in [1.807, 2.05) is 12.1 Å². The zero-order valence-electron chi connectivity index (χ0n) is 8.46. The van der Waals surface area contributed by atoms with E-state index in [4.69, 9.17) is 0 Å². The molecule has 0 aromatic heterocycles. The zero-order valence-corrected chi connectivity index (χ0v) is 10.0. The standard InChI is InChI=1S/C12H14BrNO/c13-10-3-4-11(15)12-8(10)2-1-7-5-14-6-9(7)12/h3-4,7,9,14-15H,1-2,5-6H2. The number of phenolic OH excluding ortho intramolecular Hbond substituents is 1. The predicted octanol–water partition coefficient (Wildman–Crippen LogP) is 2.40. The average molecular weight is 268 g/mol. The molecular weight excluding hydrogens is 254 g/mol. The number of phenols is 1. The van der Waals surface area contributed by atoms with Crippen molar-refractivity contribution in [2.75, 3.05) is 13.1 Å². The summed E-state index contributed by atoms with van der Waals surface area (Å²) in [6.07, 6.45) is 2.33. The van der Waals surface area contributed by atoms with Gasteiger partial charge in [0.15, 0.2) is 0 Å². The van der Waals surface area contributed by atoms with Gasteiger partial charge in [0, 0.05) is 22.5 Å². The lowest BCUT2D eigenvalue weighted by Crippen LogP contribution is -2.19. The molecule has 2 unspecified atom stereocenters. The minimum absolute atomic E-state index is 0.478. The second-order valence-corrected chi connectivity index (χ2v) is 5.38. The van der Waals surface area contributed by atoms with Crippen LogP contribution in [0.1, 0.15) is 23.5 Å². The van der Waals surface area contributed by atoms with Gasteiger partial charge in [-0.2, -0.15) is 0 Å². The van der Waals surface area contributed by atoms with Gasteiger partial charge in [-0.05, 0) is 43.0 Å². The largest absolute Gasteiger partial charge is 0.508 e. The topological polar surface area (TPSA) is 32.3 Å². The second kappa shape index (κ2) is 3.49. The van der Waals surface area contributed by atoms with E-state index in [1.54, 1.807) is 0 Å². The molecule has 15 heavy (non-hydrogen) atoms. The first-order valence-corrected chi connectivity index (χ1v) is 6.27. The van der Waals surface area contributed by atoms with Gasteiger partial charge in [0.05, 0.1) is 0 Å². The van der Waals surface area contributed by atoms with Gasteiger partial charge in [0.1, 0.15) is 5.75 Å². The molecule has 1 aromatic carbocycles. The Kier molecular flexibility index (Phi) is 2.25. The number of hydrogen-bond donors (Lipinski definition) is 2. The van der Waals surface area contributed by atoms with Gasteiger partial charge in [-0.25, -0.2) is 0 Å². The van der Waals surface area contributed by atoms with Crippen LogP contribution in [0.5, 0.6) is 5.75 Å². The molecule has 0 spiro atoms. The summed E-state index contributed by atoms with van der Waals surface area (Å²) in [5.41, 5.74) is 2.51. The Hall–Kier alpha value is -0.540. The minimum atomic E-state index is 0.478. The molecule has 0 bridgehead atoms. The zero-order chi connectivity index (χ0) is 10.4. The molecule has 0 amide bonds. The molecule has 3 rings (SSSR count). The van der Waals surface area contributed by atoms with E-state index in [-0.39, 0.29) is 0 Å². The van der Waals surface area contributed by atoms with E-state index in [1.165, 1.54) is 17.5 Å². The third kappa shape index (κ3) is 1.41. The summed E-state index contributed by atoms with van der Waals surface area (Å²) in [5.74, 6) is 1.72. The molecule has 2 N–H and O–H groups in total. The van der Waals surface area contributed by atoms with Gasteiger partial charge >= 0.3 is 0 Å². The monoisotopic (exact) mass is 267 g/mol. The van der Waals surface area contributed by atoms with Gasteiger partial charge in [-0.3, -0.25) is 0 Å². The quantitative estimate of drug-likeness (QED) is 0.757. The fourth-order valence-corrected chi connectivity index (χ4v) is 3.54. The van der Waals surface area contributed by atoms with E-state index in [0.29, 0.717) is 11.7 Å². The normalized spacial score (nSPS) is 28.6. The molecule has 2 aliphatic rings. The molecular formula is C12H14BrNO. The Bertz CT molecular complexity index is 405. The molecule has 1 fully saturated rings. The highest BCUT2D eigenvalue weighted by Gasteiger charge is 2.35. The SMILES string of the molecule is Oc1ccc(Br)c2c1C1CNCC1CC2. The van der Waals surface area contributed by atoms with Crippen LogP contribution >= 0.6 is 15.9 Å². The maximum Gasteiger partial charge on any atom is 0.119 e. The van der Waals surface area contributed by atoms with E-state index in [2.05, 4.69) is 21.2 Å². The molecule has 1 aliphatic carbocycles. The van der Waals surface area contributed by atoms with Crippen LogP contribution in [0.3, 0.4) is 0 Å². The highest BCUT2D eigenvalue weighted by molar-refractivity contribution is 9.10. The summed E-state index contributed by atoms with van der Waals surface area (Å²) in [7, 11) is 0. The molecule has 0 saturated carbocycles. The highest BCUT2D eigenvalue weighted by atomic mass is 79.9. The van der Waals surface area contributed by atoms with Gasteiger partial charge in [0.2, 0.25) is 0 Å². The summed E-state index contributed by atoms with van der Waals surface area (Å²) >= 11 is 3.58. The van der Waals surface area contributed by atoms with Crippen molar-refractivity contribution in [2.24, 2.45) is 5.92 Å². The third-order valence-corrected chi connectivity index (χ3v) is 4.50. The number of rotatable bonds is 0. The van der Waals surface area contributed by atoms with E-state index in [9.17, 15) is 5.11 Å². The molecule has 1 heterocycles. The first kappa shape index (κ1) is 9.67. The van der Waals surface area contributed by atoms with Crippen molar-refractivity contribution in [3.05, 3.63) is 27.7 Å². The van der Waals surface area contributed by atoms with Crippen molar-refractivity contribution in [3.63, 3.8) is 0 Å². The number of halogens is 1. The first-order valence-electron chi connectivity index (χ1n) is 5.48. The van der Waals surface area contributed by atoms with Crippen LogP contribution in [0.4, 0.5) is 0 Å². The molecule has 1 aliphatic heterocycles. The van der Waals surface area contributed by atoms with Crippen LogP contribution in [0.2, 0.25) is 0 Å². The smallest absolute Gasteiger partial charge is 0.119 e. The van der Waals surface area contributed by atoms with E-state index >= 15 is 0 Å². The molecule has 3 heteroatoms. The maximum atomic E-state index is 9.98. The number of nitrogens with one attached hydrogen (secondary N) is 1. The Morgan fingerprint density at radius 2 is 2.20 bits per heavy atom. The summed E-state index contributed by atoms with van der Waals surface area (Å²) in [5, 5.41) is 13.4. The lowest BCUT2D eigenvalue weighted by molar-refractivity contribution is 0.412. The van der Waals surface area contributed by atoms with Crippen molar-refractivity contribution < 1.29 is 5.11 Å². The summed E-state index contributed by atoms with van der Waals surface area (Å²) in [4.78, 5) is 0. The fourth-order valence-electron chi connectivity index (χ4n) is 3.00. The van der Waals surface area contributed by atoms with Crippen molar-refractivity contribution in [3.8, 4) is 5.75 Å².